The van der Waals surface area contributed by atoms with Gasteiger partial charge in [-0.15, -0.1) is 0 Å². The molecule has 1 unspecified atom stereocenters. The van der Waals surface area contributed by atoms with Crippen LogP contribution in [0.3, 0.4) is 0 Å². The first-order valence-electron chi connectivity index (χ1n) is 3.61. The van der Waals surface area contributed by atoms with E-state index in [1.165, 1.54) is 0 Å². The largest absolute Gasteiger partial charge is 0.375 e. The maximum Gasteiger partial charge on any atom is 0.0744 e. The molecular formula is C7H13NO. The maximum atomic E-state index is 5.49. The number of hydrogen-bond acceptors (Lipinski definition) is 2. The smallest absolute Gasteiger partial charge is 0.0744 e. The number of morpholine rings is 1. The maximum absolute atomic E-state index is 5.49. The minimum atomic E-state index is 0.542. The number of fused-ring (bicyclic) bond motifs is 2. The second-order valence-corrected chi connectivity index (χ2v) is 3.24. The Hall–Kier alpha value is -0.0800. The molecule has 2 saturated heterocycles. The van der Waals surface area contributed by atoms with Crippen LogP contribution < -0.4 is 0 Å². The summed E-state index contributed by atoms with van der Waals surface area (Å²) < 4.78 is 5.49. The van der Waals surface area contributed by atoms with Gasteiger partial charge in [-0.2, -0.15) is 0 Å². The molecule has 2 aliphatic heterocycles. The summed E-state index contributed by atoms with van der Waals surface area (Å²) in [4.78, 5) is 2.40. The first-order valence-corrected chi connectivity index (χ1v) is 3.61. The number of likely N-dealkylation sites (tertiary alicyclic amines) is 1. The Balaban J connectivity index is 2.16. The fourth-order valence-corrected chi connectivity index (χ4v) is 1.94. The molecule has 0 aromatic carbocycles. The van der Waals surface area contributed by atoms with Crippen molar-refractivity contribution >= 4 is 0 Å². The van der Waals surface area contributed by atoms with Gasteiger partial charge in [-0.25, -0.2) is 0 Å². The van der Waals surface area contributed by atoms with E-state index in [2.05, 4.69) is 18.9 Å². The molecule has 0 spiro atoms. The van der Waals surface area contributed by atoms with Crippen LogP contribution in [0.2, 0.25) is 0 Å². The average molecular weight is 127 g/mol. The van der Waals surface area contributed by atoms with Crippen molar-refractivity contribution in [2.45, 2.75) is 19.1 Å². The predicted octanol–water partition coefficient (Wildman–Crippen LogP) is 0.335. The zero-order chi connectivity index (χ0) is 6.43. The number of ether oxygens (including phenoxy) is 1. The molecule has 0 aromatic rings. The summed E-state index contributed by atoms with van der Waals surface area (Å²) in [6.07, 6.45) is 0.542. The minimum absolute atomic E-state index is 0.542. The van der Waals surface area contributed by atoms with Crippen LogP contribution in [0.1, 0.15) is 6.92 Å². The van der Waals surface area contributed by atoms with Crippen molar-refractivity contribution in [1.82, 2.24) is 4.90 Å². The van der Waals surface area contributed by atoms with Crippen LogP contribution >= 0.6 is 0 Å². The molecular weight excluding hydrogens is 114 g/mol. The molecule has 0 N–H and O–H groups in total. The first kappa shape index (κ1) is 5.69. The molecule has 0 aliphatic carbocycles. The Morgan fingerprint density at radius 2 is 2.33 bits per heavy atom. The Bertz CT molecular complexity index is 126. The van der Waals surface area contributed by atoms with Gasteiger partial charge < -0.3 is 4.74 Å². The number of hydrogen-bond donors (Lipinski definition) is 0. The van der Waals surface area contributed by atoms with Gasteiger partial charge in [0.15, 0.2) is 0 Å². The van der Waals surface area contributed by atoms with Gasteiger partial charge in [-0.3, -0.25) is 4.90 Å². The summed E-state index contributed by atoms with van der Waals surface area (Å²) in [7, 11) is 2.18. The van der Waals surface area contributed by atoms with Gasteiger partial charge in [0.05, 0.1) is 12.7 Å². The number of nitrogens with zero attached hydrogens (tertiary/aromatic N) is 1. The van der Waals surface area contributed by atoms with Crippen LogP contribution in [0.4, 0.5) is 0 Å². The molecule has 3 atom stereocenters. The third-order valence-electron chi connectivity index (χ3n) is 2.71. The normalized spacial score (nSPS) is 50.7. The highest BCUT2D eigenvalue weighted by Gasteiger charge is 2.43. The van der Waals surface area contributed by atoms with Gasteiger partial charge in [0.2, 0.25) is 0 Å². The molecule has 2 fully saturated rings. The van der Waals surface area contributed by atoms with Crippen LogP contribution in [0.25, 0.3) is 0 Å². The topological polar surface area (TPSA) is 12.5 Å². The van der Waals surface area contributed by atoms with E-state index in [0.29, 0.717) is 6.10 Å². The molecule has 2 aliphatic rings. The SMILES string of the molecule is CC1[C@H]2CO[C@@H]1CN2C. The van der Waals surface area contributed by atoms with Gasteiger partial charge in [0, 0.05) is 18.5 Å². The van der Waals surface area contributed by atoms with Gasteiger partial charge in [0.1, 0.15) is 0 Å². The third-order valence-corrected chi connectivity index (χ3v) is 2.71. The molecule has 0 saturated carbocycles. The monoisotopic (exact) mass is 127 g/mol. The van der Waals surface area contributed by atoms with Crippen molar-refractivity contribution in [3.63, 3.8) is 0 Å². The second kappa shape index (κ2) is 1.70. The van der Waals surface area contributed by atoms with Crippen molar-refractivity contribution < 1.29 is 4.74 Å². The molecule has 2 nitrogen and oxygen atoms in total. The Morgan fingerprint density at radius 1 is 1.56 bits per heavy atom. The molecule has 9 heavy (non-hydrogen) atoms. The second-order valence-electron chi connectivity index (χ2n) is 3.24. The van der Waals surface area contributed by atoms with Crippen molar-refractivity contribution in [2.75, 3.05) is 20.2 Å². The van der Waals surface area contributed by atoms with Crippen molar-refractivity contribution in [1.29, 1.82) is 0 Å². The van der Waals surface area contributed by atoms with Gasteiger partial charge in [-0.1, -0.05) is 6.92 Å². The Kier molecular flexibility index (Phi) is 1.08. The van der Waals surface area contributed by atoms with Gasteiger partial charge >= 0.3 is 0 Å². The molecule has 0 radical (unpaired) electrons. The quantitative estimate of drug-likeness (QED) is 0.465. The van der Waals surface area contributed by atoms with Crippen LogP contribution in [-0.2, 0) is 4.74 Å². The zero-order valence-corrected chi connectivity index (χ0v) is 6.00. The van der Waals surface area contributed by atoms with Crippen LogP contribution in [0, 0.1) is 5.92 Å². The molecule has 2 heteroatoms. The summed E-state index contributed by atoms with van der Waals surface area (Å²) >= 11 is 0. The van der Waals surface area contributed by atoms with Crippen LogP contribution in [-0.4, -0.2) is 37.2 Å². The third kappa shape index (κ3) is 0.634. The molecule has 2 rings (SSSR count). The molecule has 0 amide bonds. The lowest BCUT2D eigenvalue weighted by atomic mass is 10.1. The van der Waals surface area contributed by atoms with E-state index in [4.69, 9.17) is 4.74 Å². The lowest BCUT2D eigenvalue weighted by Crippen LogP contribution is -2.33. The lowest BCUT2D eigenvalue weighted by Gasteiger charge is -2.21. The summed E-state index contributed by atoms with van der Waals surface area (Å²) in [5.74, 6) is 0.773. The Labute approximate surface area is 55.8 Å². The van der Waals surface area contributed by atoms with E-state index in [-0.39, 0.29) is 0 Å². The fourth-order valence-electron chi connectivity index (χ4n) is 1.94. The fraction of sp³-hybridized carbons (Fsp3) is 1.00. The summed E-state index contributed by atoms with van der Waals surface area (Å²) in [6.45, 7) is 4.39. The number of rotatable bonds is 0. The molecule has 2 heterocycles. The van der Waals surface area contributed by atoms with Crippen molar-refractivity contribution in [2.24, 2.45) is 5.92 Å². The molecule has 0 aromatic heterocycles. The van der Waals surface area contributed by atoms with Crippen LogP contribution in [0.15, 0.2) is 0 Å². The lowest BCUT2D eigenvalue weighted by molar-refractivity contribution is 0.0393. The van der Waals surface area contributed by atoms with E-state index >= 15 is 0 Å². The van der Waals surface area contributed by atoms with Crippen molar-refractivity contribution in [3.05, 3.63) is 0 Å². The van der Waals surface area contributed by atoms with E-state index < -0.39 is 0 Å². The van der Waals surface area contributed by atoms with Crippen molar-refractivity contribution in [3.8, 4) is 0 Å². The highest BCUT2D eigenvalue weighted by atomic mass is 16.5. The predicted molar refractivity (Wildman–Crippen MR) is 35.3 cm³/mol. The Morgan fingerprint density at radius 3 is 2.56 bits per heavy atom. The van der Waals surface area contributed by atoms with E-state index in [9.17, 15) is 0 Å². The summed E-state index contributed by atoms with van der Waals surface area (Å²) in [6, 6.07) is 0.718. The van der Waals surface area contributed by atoms with Gasteiger partial charge in [0.25, 0.3) is 0 Å². The van der Waals surface area contributed by atoms with Crippen LogP contribution in [0.5, 0.6) is 0 Å². The minimum Gasteiger partial charge on any atom is -0.375 e. The zero-order valence-electron chi connectivity index (χ0n) is 6.00. The standard InChI is InChI=1S/C7H13NO/c1-5-6-4-9-7(5)3-8(6)2/h5-7H,3-4H2,1-2H3/t5?,6-,7-/m1/s1. The average Bonchev–Trinajstić information content (AvgIpc) is 2.25. The summed E-state index contributed by atoms with van der Waals surface area (Å²) in [5.41, 5.74) is 0. The van der Waals surface area contributed by atoms with E-state index in [1.54, 1.807) is 0 Å². The van der Waals surface area contributed by atoms with E-state index in [0.717, 1.165) is 25.1 Å². The molecule has 2 bridgehead atoms. The molecule has 52 valence electrons. The highest BCUT2D eigenvalue weighted by Crippen LogP contribution is 2.31. The number of likely N-dealkylation sites (N-methyl/N-ethyl adjacent to an activating group) is 1. The van der Waals surface area contributed by atoms with E-state index in [1.807, 2.05) is 0 Å². The first-order chi connectivity index (χ1) is 4.29. The summed E-state index contributed by atoms with van der Waals surface area (Å²) in [5, 5.41) is 0. The highest BCUT2D eigenvalue weighted by molar-refractivity contribution is 4.95. The van der Waals surface area contributed by atoms with Gasteiger partial charge in [-0.05, 0) is 7.05 Å².